The highest BCUT2D eigenvalue weighted by Gasteiger charge is 2.51. The first-order valence-corrected chi connectivity index (χ1v) is 12.0. The number of ketones is 1. The van der Waals surface area contributed by atoms with Gasteiger partial charge >= 0.3 is 0 Å². The van der Waals surface area contributed by atoms with Crippen molar-refractivity contribution in [2.45, 2.75) is 19.3 Å². The van der Waals surface area contributed by atoms with Crippen LogP contribution in [-0.4, -0.2) is 5.78 Å². The highest BCUT2D eigenvalue weighted by molar-refractivity contribution is 9.10. The molecule has 0 N–H and O–H groups in total. The molecule has 6 rings (SSSR count). The van der Waals surface area contributed by atoms with Gasteiger partial charge in [-0.2, -0.15) is 0 Å². The number of fused-ring (bicyclic) bond motifs is 9. The molecule has 4 aromatic rings. The lowest BCUT2D eigenvalue weighted by molar-refractivity contribution is 0.103. The normalized spacial score (nSPS) is 14.1. The van der Waals surface area contributed by atoms with E-state index in [1.54, 1.807) is 0 Å². The third-order valence-electron chi connectivity index (χ3n) is 6.21. The summed E-state index contributed by atoms with van der Waals surface area (Å²) in [7, 11) is 0. The Morgan fingerprint density at radius 3 is 1.39 bits per heavy atom. The molecule has 0 saturated carbocycles. The lowest BCUT2D eigenvalue weighted by Crippen LogP contribution is -2.36. The Morgan fingerprint density at radius 1 is 0.548 bits per heavy atom. The molecule has 2 aliphatic carbocycles. The van der Waals surface area contributed by atoms with Crippen molar-refractivity contribution in [1.29, 1.82) is 0 Å². The second-order valence-electron chi connectivity index (χ2n) is 7.55. The van der Waals surface area contributed by atoms with Crippen molar-refractivity contribution in [3.8, 4) is 11.1 Å². The first-order valence-electron chi connectivity index (χ1n) is 10.5. The predicted molar refractivity (Wildman–Crippen MR) is 134 cm³/mol. The summed E-state index contributed by atoms with van der Waals surface area (Å²) in [5.41, 5.74) is 8.08. The summed E-state index contributed by atoms with van der Waals surface area (Å²) < 4.78 is 1.83. The molecule has 31 heavy (non-hydrogen) atoms. The number of halogens is 2. The Kier molecular flexibility index (Phi) is 4.99. The zero-order valence-electron chi connectivity index (χ0n) is 17.2. The van der Waals surface area contributed by atoms with Gasteiger partial charge in [-0.1, -0.05) is 106 Å². The van der Waals surface area contributed by atoms with Crippen molar-refractivity contribution >= 4 is 37.6 Å². The zero-order chi connectivity index (χ0) is 21.8. The van der Waals surface area contributed by atoms with Gasteiger partial charge in [0, 0.05) is 20.1 Å². The number of carbonyl (C=O) groups excluding carboxylic acids is 1. The van der Waals surface area contributed by atoms with Gasteiger partial charge in [-0.15, -0.1) is 0 Å². The number of rotatable bonds is 0. The summed E-state index contributed by atoms with van der Waals surface area (Å²) in [5.74, 6) is 0.0742. The lowest BCUT2D eigenvalue weighted by Gasteiger charge is -2.39. The molecule has 0 heterocycles. The summed E-state index contributed by atoms with van der Waals surface area (Å²) in [6.07, 6.45) is 0. The van der Waals surface area contributed by atoms with E-state index in [0.717, 1.165) is 31.2 Å². The van der Waals surface area contributed by atoms with Gasteiger partial charge in [0.15, 0.2) is 5.78 Å². The van der Waals surface area contributed by atoms with Crippen molar-refractivity contribution < 1.29 is 4.79 Å². The number of benzene rings is 4. The fourth-order valence-corrected chi connectivity index (χ4v) is 5.89. The lowest BCUT2D eigenvalue weighted by atomic mass is 9.61. The molecule has 0 fully saturated rings. The Bertz CT molecular complexity index is 1250. The number of hydrogen-bond donors (Lipinski definition) is 0. The standard InChI is InChI=1S/C26H14Br2O.C2H6/c27-15-9-11-23-19(13-15)25(29)20-14-16(28)10-12-24(20)26(23)21-7-3-1-5-17(21)18-6-2-4-8-22(18)26;1-2/h1-14H;1-2H3. The van der Waals surface area contributed by atoms with Gasteiger partial charge < -0.3 is 0 Å². The van der Waals surface area contributed by atoms with Gasteiger partial charge in [-0.25, -0.2) is 0 Å². The van der Waals surface area contributed by atoms with E-state index in [9.17, 15) is 4.79 Å². The van der Waals surface area contributed by atoms with Crippen LogP contribution in [0.25, 0.3) is 11.1 Å². The molecule has 0 bridgehead atoms. The average molecular weight is 532 g/mol. The molecule has 0 radical (unpaired) electrons. The minimum Gasteiger partial charge on any atom is -0.289 e. The third-order valence-corrected chi connectivity index (χ3v) is 7.20. The van der Waals surface area contributed by atoms with E-state index in [-0.39, 0.29) is 5.78 Å². The van der Waals surface area contributed by atoms with Crippen LogP contribution < -0.4 is 0 Å². The molecule has 1 spiro atoms. The van der Waals surface area contributed by atoms with Crippen LogP contribution in [-0.2, 0) is 5.41 Å². The van der Waals surface area contributed by atoms with E-state index in [2.05, 4.69) is 92.5 Å². The molecule has 0 aliphatic heterocycles. The van der Waals surface area contributed by atoms with Crippen LogP contribution in [0.15, 0.2) is 93.9 Å². The van der Waals surface area contributed by atoms with Gasteiger partial charge in [0.25, 0.3) is 0 Å². The molecule has 3 heteroatoms. The molecule has 4 aromatic carbocycles. The van der Waals surface area contributed by atoms with Crippen LogP contribution in [0.3, 0.4) is 0 Å². The van der Waals surface area contributed by atoms with Crippen molar-refractivity contribution in [3.63, 3.8) is 0 Å². The van der Waals surface area contributed by atoms with Crippen molar-refractivity contribution in [2.75, 3.05) is 0 Å². The van der Waals surface area contributed by atoms with E-state index in [1.165, 1.54) is 22.3 Å². The minimum atomic E-state index is -0.493. The Balaban J connectivity index is 0.000000994. The average Bonchev–Trinajstić information content (AvgIpc) is 3.10. The van der Waals surface area contributed by atoms with Crippen LogP contribution in [0.5, 0.6) is 0 Å². The Morgan fingerprint density at radius 2 is 0.935 bits per heavy atom. The third kappa shape index (κ3) is 2.69. The van der Waals surface area contributed by atoms with E-state index in [0.29, 0.717) is 0 Å². The first-order chi connectivity index (χ1) is 15.1. The minimum absolute atomic E-state index is 0.0742. The molecule has 0 aromatic heterocycles. The monoisotopic (exact) mass is 530 g/mol. The van der Waals surface area contributed by atoms with Gasteiger partial charge in [0.2, 0.25) is 0 Å². The molecule has 0 saturated heterocycles. The summed E-state index contributed by atoms with van der Waals surface area (Å²) in [6.45, 7) is 4.00. The quantitative estimate of drug-likeness (QED) is 0.193. The molecule has 2 aliphatic rings. The zero-order valence-corrected chi connectivity index (χ0v) is 20.4. The van der Waals surface area contributed by atoms with E-state index in [1.807, 2.05) is 38.1 Å². The summed E-state index contributed by atoms with van der Waals surface area (Å²) in [5, 5.41) is 0. The van der Waals surface area contributed by atoms with Gasteiger partial charge in [0.1, 0.15) is 0 Å². The van der Waals surface area contributed by atoms with Crippen LogP contribution in [0.2, 0.25) is 0 Å². The van der Waals surface area contributed by atoms with E-state index >= 15 is 0 Å². The Hall–Kier alpha value is -2.49. The molecule has 0 unspecified atom stereocenters. The van der Waals surface area contributed by atoms with E-state index in [4.69, 9.17) is 0 Å². The fraction of sp³-hybridized carbons (Fsp3) is 0.107. The van der Waals surface area contributed by atoms with Crippen molar-refractivity contribution in [3.05, 3.63) is 127 Å². The molecule has 0 atom stereocenters. The maximum absolute atomic E-state index is 13.5. The molecular weight excluding hydrogens is 512 g/mol. The summed E-state index contributed by atoms with van der Waals surface area (Å²) >= 11 is 7.14. The highest BCUT2D eigenvalue weighted by atomic mass is 79.9. The smallest absolute Gasteiger partial charge is 0.193 e. The SMILES string of the molecule is CC.O=C1c2cc(Br)ccc2C2(c3ccc(Br)cc31)c1ccccc1-c1ccccc12. The summed E-state index contributed by atoms with van der Waals surface area (Å²) in [4.78, 5) is 13.5. The van der Waals surface area contributed by atoms with Crippen LogP contribution in [0, 0.1) is 0 Å². The van der Waals surface area contributed by atoms with Crippen LogP contribution in [0.1, 0.15) is 52.0 Å². The largest absolute Gasteiger partial charge is 0.289 e. The first kappa shape index (κ1) is 20.4. The van der Waals surface area contributed by atoms with Gasteiger partial charge in [-0.3, -0.25) is 4.79 Å². The second kappa shape index (κ2) is 7.58. The Labute approximate surface area is 199 Å². The maximum atomic E-state index is 13.5. The molecule has 0 amide bonds. The van der Waals surface area contributed by atoms with E-state index < -0.39 is 5.41 Å². The molecule has 1 nitrogen and oxygen atoms in total. The number of carbonyl (C=O) groups is 1. The molecular formula is C28H20Br2O. The fourth-order valence-electron chi connectivity index (χ4n) is 5.17. The topological polar surface area (TPSA) is 17.1 Å². The van der Waals surface area contributed by atoms with Crippen LogP contribution in [0.4, 0.5) is 0 Å². The summed E-state index contributed by atoms with van der Waals surface area (Å²) in [6, 6.07) is 29.4. The van der Waals surface area contributed by atoms with Gasteiger partial charge in [0.05, 0.1) is 5.41 Å². The predicted octanol–water partition coefficient (Wildman–Crippen LogP) is 8.15. The maximum Gasteiger partial charge on any atom is 0.193 e. The van der Waals surface area contributed by atoms with Gasteiger partial charge in [-0.05, 0) is 57.6 Å². The van der Waals surface area contributed by atoms with Crippen molar-refractivity contribution in [1.82, 2.24) is 0 Å². The highest BCUT2D eigenvalue weighted by Crippen LogP contribution is 2.59. The molecule has 152 valence electrons. The number of hydrogen-bond acceptors (Lipinski definition) is 1. The second-order valence-corrected chi connectivity index (χ2v) is 9.38. The van der Waals surface area contributed by atoms with Crippen LogP contribution >= 0.6 is 31.9 Å². The van der Waals surface area contributed by atoms with Crippen molar-refractivity contribution in [2.24, 2.45) is 0 Å².